The third-order valence-corrected chi connectivity index (χ3v) is 3.03. The highest BCUT2D eigenvalue weighted by molar-refractivity contribution is 6.01. The number of para-hydroxylation sites is 1. The summed E-state index contributed by atoms with van der Waals surface area (Å²) in [6.45, 7) is 0.706. The number of benzene rings is 2. The predicted molar refractivity (Wildman–Crippen MR) is 87.4 cm³/mol. The second-order valence-corrected chi connectivity index (χ2v) is 5.22. The van der Waals surface area contributed by atoms with Gasteiger partial charge in [0.1, 0.15) is 12.3 Å². The quantitative estimate of drug-likeness (QED) is 0.483. The van der Waals surface area contributed by atoms with Crippen LogP contribution in [0.5, 0.6) is 0 Å². The minimum absolute atomic E-state index is 0.0799. The van der Waals surface area contributed by atoms with Gasteiger partial charge in [0.25, 0.3) is 5.69 Å². The van der Waals surface area contributed by atoms with Gasteiger partial charge in [-0.25, -0.2) is 0 Å². The van der Waals surface area contributed by atoms with E-state index in [1.807, 2.05) is 44.4 Å². The Balaban J connectivity index is 2.23. The van der Waals surface area contributed by atoms with Crippen molar-refractivity contribution in [1.29, 1.82) is 0 Å². The number of nitro benzene ring substituents is 1. The van der Waals surface area contributed by atoms with Gasteiger partial charge in [0, 0.05) is 17.7 Å². The van der Waals surface area contributed by atoms with Gasteiger partial charge in [-0.3, -0.25) is 15.5 Å². The average molecular weight is 299 g/mol. The first-order valence-electron chi connectivity index (χ1n) is 6.98. The Morgan fingerprint density at radius 2 is 1.77 bits per heavy atom. The maximum absolute atomic E-state index is 10.7. The van der Waals surface area contributed by atoms with E-state index in [1.165, 1.54) is 17.0 Å². The molecular formula is C16H19N4O2+. The molecule has 0 aliphatic carbocycles. The lowest BCUT2D eigenvalue weighted by Gasteiger charge is -2.11. The fourth-order valence-corrected chi connectivity index (χ4v) is 1.96. The molecule has 2 N–H and O–H groups in total. The van der Waals surface area contributed by atoms with Gasteiger partial charge in [-0.2, -0.15) is 5.10 Å². The summed E-state index contributed by atoms with van der Waals surface area (Å²) >= 11 is 0. The highest BCUT2D eigenvalue weighted by Gasteiger charge is 2.11. The van der Waals surface area contributed by atoms with Gasteiger partial charge in [0.05, 0.1) is 24.7 Å². The van der Waals surface area contributed by atoms with Crippen LogP contribution in [0.25, 0.3) is 0 Å². The Hall–Kier alpha value is -2.73. The molecule has 2 rings (SSSR count). The number of anilines is 1. The maximum atomic E-state index is 10.7. The van der Waals surface area contributed by atoms with E-state index in [2.05, 4.69) is 10.5 Å². The molecule has 6 heteroatoms. The molecule has 114 valence electrons. The molecule has 0 fully saturated rings. The topological polar surface area (TPSA) is 72.0 Å². The molecule has 2 aromatic rings. The molecule has 0 unspecified atom stereocenters. The monoisotopic (exact) mass is 299 g/mol. The van der Waals surface area contributed by atoms with Gasteiger partial charge < -0.3 is 4.90 Å². The number of nitrogens with zero attached hydrogens (tertiary/aromatic N) is 2. The number of nitro groups is 1. The average Bonchev–Trinajstić information content (AvgIpc) is 2.52. The number of non-ortho nitro benzene ring substituents is 1. The lowest BCUT2D eigenvalue weighted by molar-refractivity contribution is -0.848. The number of quaternary nitrogens is 1. The summed E-state index contributed by atoms with van der Waals surface area (Å²) in [5.74, 6) is 0. The molecule has 6 nitrogen and oxygen atoms in total. The van der Waals surface area contributed by atoms with Crippen molar-refractivity contribution in [2.24, 2.45) is 5.10 Å². The summed E-state index contributed by atoms with van der Waals surface area (Å²) in [6.07, 6.45) is 0. The van der Waals surface area contributed by atoms with Crippen molar-refractivity contribution in [2.45, 2.75) is 0 Å². The van der Waals surface area contributed by atoms with Crippen LogP contribution in [0.1, 0.15) is 5.56 Å². The number of hydrogen-bond donors (Lipinski definition) is 2. The Labute approximate surface area is 129 Å². The smallest absolute Gasteiger partial charge is 0.269 e. The third-order valence-electron chi connectivity index (χ3n) is 3.03. The molecule has 0 heterocycles. The molecule has 0 saturated heterocycles. The molecule has 0 radical (unpaired) electrons. The molecule has 0 spiro atoms. The van der Waals surface area contributed by atoms with E-state index in [4.69, 9.17) is 0 Å². The maximum Gasteiger partial charge on any atom is 0.269 e. The first-order valence-corrected chi connectivity index (χ1v) is 6.98. The highest BCUT2D eigenvalue weighted by Crippen LogP contribution is 2.13. The van der Waals surface area contributed by atoms with Crippen LogP contribution in [0.3, 0.4) is 0 Å². The molecule has 0 aromatic heterocycles. The van der Waals surface area contributed by atoms with Crippen LogP contribution in [-0.2, 0) is 0 Å². The zero-order valence-electron chi connectivity index (χ0n) is 12.6. The molecule has 0 aliphatic rings. The van der Waals surface area contributed by atoms with Crippen molar-refractivity contribution in [2.75, 3.05) is 26.1 Å². The van der Waals surface area contributed by atoms with Gasteiger partial charge in [0.2, 0.25) is 0 Å². The van der Waals surface area contributed by atoms with Crippen molar-refractivity contribution in [3.63, 3.8) is 0 Å². The minimum Gasteiger partial charge on any atom is -0.335 e. The van der Waals surface area contributed by atoms with Gasteiger partial charge >= 0.3 is 0 Å². The van der Waals surface area contributed by atoms with E-state index in [9.17, 15) is 10.1 Å². The minimum atomic E-state index is -0.403. The number of rotatable bonds is 6. The summed E-state index contributed by atoms with van der Waals surface area (Å²) in [5, 5.41) is 15.2. The SMILES string of the molecule is C[NH+](C)C/C(=N/Nc1ccccc1)c1ccc([N+](=O)[O-])cc1. The van der Waals surface area contributed by atoms with Gasteiger partial charge in [-0.1, -0.05) is 18.2 Å². The zero-order valence-corrected chi connectivity index (χ0v) is 12.6. The summed E-state index contributed by atoms with van der Waals surface area (Å²) in [7, 11) is 4.06. The van der Waals surface area contributed by atoms with Crippen molar-refractivity contribution in [3.8, 4) is 0 Å². The Bertz CT molecular complexity index is 652. The molecule has 0 bridgehead atoms. The summed E-state index contributed by atoms with van der Waals surface area (Å²) in [4.78, 5) is 11.5. The van der Waals surface area contributed by atoms with Gasteiger partial charge in [-0.05, 0) is 24.3 Å². The van der Waals surface area contributed by atoms with Crippen LogP contribution in [0, 0.1) is 10.1 Å². The molecule has 0 aliphatic heterocycles. The molecule has 0 atom stereocenters. The Morgan fingerprint density at radius 1 is 1.14 bits per heavy atom. The Morgan fingerprint density at radius 3 is 2.32 bits per heavy atom. The summed E-state index contributed by atoms with van der Waals surface area (Å²) in [5.41, 5.74) is 5.72. The van der Waals surface area contributed by atoms with E-state index in [0.717, 1.165) is 17.0 Å². The van der Waals surface area contributed by atoms with E-state index in [0.29, 0.717) is 6.54 Å². The van der Waals surface area contributed by atoms with E-state index in [-0.39, 0.29) is 5.69 Å². The molecule has 0 saturated carbocycles. The first-order chi connectivity index (χ1) is 10.6. The zero-order chi connectivity index (χ0) is 15.9. The molecular weight excluding hydrogens is 280 g/mol. The van der Waals surface area contributed by atoms with Crippen molar-refractivity contribution in [1.82, 2.24) is 0 Å². The number of nitrogens with one attached hydrogen (secondary N) is 2. The normalized spacial score (nSPS) is 11.5. The van der Waals surface area contributed by atoms with Crippen LogP contribution < -0.4 is 10.3 Å². The van der Waals surface area contributed by atoms with Crippen LogP contribution in [0.4, 0.5) is 11.4 Å². The molecule has 0 amide bonds. The van der Waals surface area contributed by atoms with Crippen molar-refractivity contribution in [3.05, 3.63) is 70.3 Å². The third kappa shape index (κ3) is 4.39. The Kier molecular flexibility index (Phi) is 5.21. The second-order valence-electron chi connectivity index (χ2n) is 5.22. The number of hydrazone groups is 1. The first kappa shape index (κ1) is 15.7. The number of hydrogen-bond acceptors (Lipinski definition) is 4. The lowest BCUT2D eigenvalue weighted by atomic mass is 10.1. The van der Waals surface area contributed by atoms with E-state index >= 15 is 0 Å². The van der Waals surface area contributed by atoms with E-state index in [1.54, 1.807) is 12.1 Å². The van der Waals surface area contributed by atoms with Crippen LogP contribution in [0.2, 0.25) is 0 Å². The standard InChI is InChI=1S/C16H18N4O2/c1-19(2)12-16(18-17-14-6-4-3-5-7-14)13-8-10-15(11-9-13)20(21)22/h3-11,17H,12H2,1-2H3/p+1/b18-16-. The van der Waals surface area contributed by atoms with Crippen LogP contribution in [-0.4, -0.2) is 31.3 Å². The largest absolute Gasteiger partial charge is 0.335 e. The fourth-order valence-electron chi connectivity index (χ4n) is 1.96. The van der Waals surface area contributed by atoms with E-state index < -0.39 is 4.92 Å². The second kappa shape index (κ2) is 7.33. The van der Waals surface area contributed by atoms with Crippen LogP contribution in [0.15, 0.2) is 59.7 Å². The predicted octanol–water partition coefficient (Wildman–Crippen LogP) is 1.56. The van der Waals surface area contributed by atoms with Crippen LogP contribution >= 0.6 is 0 Å². The lowest BCUT2D eigenvalue weighted by Crippen LogP contribution is -3.06. The fraction of sp³-hybridized carbons (Fsp3) is 0.188. The van der Waals surface area contributed by atoms with Crippen molar-refractivity contribution >= 4 is 17.1 Å². The van der Waals surface area contributed by atoms with Crippen molar-refractivity contribution < 1.29 is 9.82 Å². The summed E-state index contributed by atoms with van der Waals surface area (Å²) in [6, 6.07) is 16.1. The number of likely N-dealkylation sites (N-methyl/N-ethyl adjacent to an activating group) is 1. The van der Waals surface area contributed by atoms with Gasteiger partial charge in [0.15, 0.2) is 0 Å². The summed E-state index contributed by atoms with van der Waals surface area (Å²) < 4.78 is 0. The molecule has 2 aromatic carbocycles. The van der Waals surface area contributed by atoms with Gasteiger partial charge in [-0.15, -0.1) is 0 Å². The molecule has 22 heavy (non-hydrogen) atoms. The highest BCUT2D eigenvalue weighted by atomic mass is 16.6.